The summed E-state index contributed by atoms with van der Waals surface area (Å²) in [6, 6.07) is 6.27. The lowest BCUT2D eigenvalue weighted by Gasteiger charge is -2.09. The van der Waals surface area contributed by atoms with E-state index in [2.05, 4.69) is 10.1 Å². The third kappa shape index (κ3) is 4.88. The summed E-state index contributed by atoms with van der Waals surface area (Å²) in [6.07, 6.45) is -5.06. The topological polar surface area (TPSA) is 62.1 Å². The highest BCUT2D eigenvalue weighted by Gasteiger charge is 2.30. The minimum absolute atomic E-state index is 0.291. The molecular formula is C10H7F3N2O2. The van der Waals surface area contributed by atoms with E-state index in [1.165, 1.54) is 12.1 Å². The van der Waals surface area contributed by atoms with Gasteiger partial charge < -0.3 is 10.1 Å². The number of nitrogens with zero attached hydrogens (tertiary/aromatic N) is 1. The normalized spacial score (nSPS) is 10.5. The molecule has 7 heteroatoms. The van der Waals surface area contributed by atoms with Crippen LogP contribution in [-0.4, -0.2) is 12.3 Å². The van der Waals surface area contributed by atoms with Crippen molar-refractivity contribution < 1.29 is 22.7 Å². The number of hydrogen-bond donors (Lipinski definition) is 1. The van der Waals surface area contributed by atoms with Gasteiger partial charge in [-0.15, -0.1) is 13.2 Å². The number of anilines is 1. The van der Waals surface area contributed by atoms with Crippen molar-refractivity contribution in [3.8, 4) is 11.8 Å². The molecule has 0 aliphatic rings. The summed E-state index contributed by atoms with van der Waals surface area (Å²) < 4.78 is 39.1. The summed E-state index contributed by atoms with van der Waals surface area (Å²) in [5, 5.41) is 10.6. The van der Waals surface area contributed by atoms with Crippen LogP contribution in [0.5, 0.6) is 5.75 Å². The second kappa shape index (κ2) is 5.21. The summed E-state index contributed by atoms with van der Waals surface area (Å²) in [7, 11) is 0. The van der Waals surface area contributed by atoms with Crippen molar-refractivity contribution in [3.63, 3.8) is 0 Å². The molecule has 4 nitrogen and oxygen atoms in total. The van der Waals surface area contributed by atoms with Gasteiger partial charge in [0.05, 0.1) is 6.07 Å². The van der Waals surface area contributed by atoms with Crippen LogP contribution in [0.2, 0.25) is 0 Å². The van der Waals surface area contributed by atoms with Gasteiger partial charge >= 0.3 is 6.36 Å². The van der Waals surface area contributed by atoms with E-state index in [1.54, 1.807) is 6.07 Å². The maximum absolute atomic E-state index is 11.8. The molecule has 0 aliphatic heterocycles. The third-order valence-corrected chi connectivity index (χ3v) is 1.61. The molecule has 1 aromatic carbocycles. The second-order valence-corrected chi connectivity index (χ2v) is 2.96. The van der Waals surface area contributed by atoms with Crippen LogP contribution in [0.15, 0.2) is 24.3 Å². The lowest BCUT2D eigenvalue weighted by atomic mass is 10.3. The Bertz CT molecular complexity index is 434. The lowest BCUT2D eigenvalue weighted by Crippen LogP contribution is -2.17. The van der Waals surface area contributed by atoms with Crippen LogP contribution in [0.25, 0.3) is 0 Å². The van der Waals surface area contributed by atoms with E-state index in [1.807, 2.05) is 0 Å². The van der Waals surface area contributed by atoms with Crippen LogP contribution >= 0.6 is 0 Å². The predicted octanol–water partition coefficient (Wildman–Crippen LogP) is 2.44. The van der Waals surface area contributed by atoms with Crippen molar-refractivity contribution >= 4 is 11.6 Å². The van der Waals surface area contributed by atoms with E-state index < -0.39 is 12.3 Å². The molecule has 0 aromatic heterocycles. The van der Waals surface area contributed by atoms with Crippen LogP contribution in [-0.2, 0) is 4.79 Å². The molecule has 0 spiro atoms. The van der Waals surface area contributed by atoms with E-state index in [0.29, 0.717) is 5.69 Å². The maximum Gasteiger partial charge on any atom is 0.573 e. The fourth-order valence-corrected chi connectivity index (χ4v) is 1.02. The molecule has 0 saturated heterocycles. The zero-order valence-corrected chi connectivity index (χ0v) is 8.41. The molecule has 0 atom stereocenters. The van der Waals surface area contributed by atoms with Gasteiger partial charge in [-0.3, -0.25) is 4.79 Å². The Morgan fingerprint density at radius 2 is 1.94 bits per heavy atom. The Morgan fingerprint density at radius 3 is 2.41 bits per heavy atom. The largest absolute Gasteiger partial charge is 0.573 e. The molecule has 0 fully saturated rings. The van der Waals surface area contributed by atoms with Gasteiger partial charge in [0, 0.05) is 5.69 Å². The Kier molecular flexibility index (Phi) is 3.93. The van der Waals surface area contributed by atoms with Crippen molar-refractivity contribution in [2.45, 2.75) is 12.8 Å². The molecular weight excluding hydrogens is 237 g/mol. The summed E-state index contributed by atoms with van der Waals surface area (Å²) >= 11 is 0. The van der Waals surface area contributed by atoms with E-state index in [-0.39, 0.29) is 12.2 Å². The number of rotatable bonds is 3. The summed E-state index contributed by atoms with van der Waals surface area (Å²) in [5.74, 6) is -0.909. The molecule has 90 valence electrons. The number of alkyl halides is 3. The van der Waals surface area contributed by atoms with Gasteiger partial charge in [0.2, 0.25) is 5.91 Å². The lowest BCUT2D eigenvalue weighted by molar-refractivity contribution is -0.274. The van der Waals surface area contributed by atoms with Crippen LogP contribution in [0, 0.1) is 11.3 Å². The van der Waals surface area contributed by atoms with Crippen LogP contribution in [0.3, 0.4) is 0 Å². The van der Waals surface area contributed by atoms with Gasteiger partial charge in [0.25, 0.3) is 0 Å². The number of carbonyl (C=O) groups excluding carboxylic acids is 1. The SMILES string of the molecule is N#CCC(=O)Nc1ccc(OC(F)(F)F)cc1. The van der Waals surface area contributed by atoms with Crippen molar-refractivity contribution in [1.82, 2.24) is 0 Å². The van der Waals surface area contributed by atoms with Gasteiger partial charge in [0.15, 0.2) is 0 Å². The number of nitrogens with one attached hydrogen (secondary N) is 1. The first-order valence-corrected chi connectivity index (χ1v) is 4.43. The van der Waals surface area contributed by atoms with Crippen LogP contribution in [0.4, 0.5) is 18.9 Å². The van der Waals surface area contributed by atoms with Gasteiger partial charge in [0.1, 0.15) is 12.2 Å². The molecule has 17 heavy (non-hydrogen) atoms. The van der Waals surface area contributed by atoms with Gasteiger partial charge in [-0.05, 0) is 24.3 Å². The summed E-state index contributed by atoms with van der Waals surface area (Å²) in [6.45, 7) is 0. The molecule has 0 heterocycles. The minimum Gasteiger partial charge on any atom is -0.406 e. The second-order valence-electron chi connectivity index (χ2n) is 2.96. The van der Waals surface area contributed by atoms with Crippen molar-refractivity contribution in [1.29, 1.82) is 5.26 Å². The minimum atomic E-state index is -4.74. The number of ether oxygens (including phenoxy) is 1. The molecule has 1 rings (SSSR count). The number of nitriles is 1. The van der Waals surface area contributed by atoms with E-state index in [9.17, 15) is 18.0 Å². The van der Waals surface area contributed by atoms with Crippen molar-refractivity contribution in [2.24, 2.45) is 0 Å². The fourth-order valence-electron chi connectivity index (χ4n) is 1.02. The van der Waals surface area contributed by atoms with E-state index in [4.69, 9.17) is 5.26 Å². The number of amides is 1. The zero-order chi connectivity index (χ0) is 12.9. The average molecular weight is 244 g/mol. The molecule has 0 aliphatic carbocycles. The van der Waals surface area contributed by atoms with Gasteiger partial charge in [-0.1, -0.05) is 0 Å². The quantitative estimate of drug-likeness (QED) is 0.888. The average Bonchev–Trinajstić information content (AvgIpc) is 2.19. The van der Waals surface area contributed by atoms with Crippen LogP contribution in [0.1, 0.15) is 6.42 Å². The van der Waals surface area contributed by atoms with Crippen molar-refractivity contribution in [3.05, 3.63) is 24.3 Å². The maximum atomic E-state index is 11.8. The highest BCUT2D eigenvalue weighted by Crippen LogP contribution is 2.23. The third-order valence-electron chi connectivity index (χ3n) is 1.61. The summed E-state index contributed by atoms with van der Waals surface area (Å²) in [4.78, 5) is 11.0. The predicted molar refractivity (Wildman–Crippen MR) is 52.0 cm³/mol. The smallest absolute Gasteiger partial charge is 0.406 e. The molecule has 1 amide bonds. The number of hydrogen-bond acceptors (Lipinski definition) is 3. The molecule has 0 bridgehead atoms. The Hall–Kier alpha value is -2.23. The molecule has 0 saturated carbocycles. The van der Waals surface area contributed by atoms with E-state index >= 15 is 0 Å². The highest BCUT2D eigenvalue weighted by molar-refractivity contribution is 5.92. The zero-order valence-electron chi connectivity index (χ0n) is 8.41. The first kappa shape index (κ1) is 12.8. The van der Waals surface area contributed by atoms with Gasteiger partial charge in [-0.25, -0.2) is 0 Å². The molecule has 1 aromatic rings. The Morgan fingerprint density at radius 1 is 1.35 bits per heavy atom. The Balaban J connectivity index is 2.63. The first-order valence-electron chi connectivity index (χ1n) is 4.43. The standard InChI is InChI=1S/C10H7F3N2O2/c11-10(12,13)17-8-3-1-7(2-4-8)15-9(16)5-6-14/h1-4H,5H2,(H,15,16). The molecule has 1 N–H and O–H groups in total. The number of carbonyl (C=O) groups is 1. The van der Waals surface area contributed by atoms with Gasteiger partial charge in [-0.2, -0.15) is 5.26 Å². The van der Waals surface area contributed by atoms with E-state index in [0.717, 1.165) is 12.1 Å². The van der Waals surface area contributed by atoms with Crippen molar-refractivity contribution in [2.75, 3.05) is 5.32 Å². The fraction of sp³-hybridized carbons (Fsp3) is 0.200. The monoisotopic (exact) mass is 244 g/mol. The van der Waals surface area contributed by atoms with Crippen LogP contribution < -0.4 is 10.1 Å². The molecule has 0 unspecified atom stereocenters. The highest BCUT2D eigenvalue weighted by atomic mass is 19.4. The Labute approximate surface area is 94.6 Å². The first-order chi connectivity index (χ1) is 7.90. The number of benzene rings is 1. The molecule has 0 radical (unpaired) electrons. The summed E-state index contributed by atoms with van der Waals surface area (Å²) in [5.41, 5.74) is 0.291. The number of halogens is 3.